The Balaban J connectivity index is 1.18. The van der Waals surface area contributed by atoms with Gasteiger partial charge in [0.05, 0.1) is 6.20 Å². The smallest absolute Gasteiger partial charge is 0.274 e. The highest BCUT2D eigenvalue weighted by Crippen LogP contribution is 2.35. The number of rotatable bonds is 5. The molecule has 1 amide bonds. The van der Waals surface area contributed by atoms with Crippen molar-refractivity contribution in [1.82, 2.24) is 40.1 Å². The minimum Gasteiger partial charge on any atom is -0.347 e. The maximum atomic E-state index is 13.3. The summed E-state index contributed by atoms with van der Waals surface area (Å²) in [5.41, 5.74) is 3.49. The number of piperazine rings is 1. The van der Waals surface area contributed by atoms with Crippen molar-refractivity contribution in [3.8, 4) is 5.82 Å². The van der Waals surface area contributed by atoms with Crippen molar-refractivity contribution in [2.24, 2.45) is 0 Å². The van der Waals surface area contributed by atoms with E-state index in [0.29, 0.717) is 24.6 Å². The number of hydrogen-bond acceptors (Lipinski definition) is 8. The van der Waals surface area contributed by atoms with Crippen molar-refractivity contribution in [2.45, 2.75) is 45.7 Å². The lowest BCUT2D eigenvalue weighted by atomic mass is 10.1. The van der Waals surface area contributed by atoms with E-state index in [9.17, 15) is 4.79 Å². The van der Waals surface area contributed by atoms with Gasteiger partial charge in [0.1, 0.15) is 11.6 Å². The molecule has 0 spiro atoms. The average molecular weight is 485 g/mol. The van der Waals surface area contributed by atoms with E-state index in [2.05, 4.69) is 48.7 Å². The largest absolute Gasteiger partial charge is 0.347 e. The normalized spacial score (nSPS) is 19.1. The highest BCUT2D eigenvalue weighted by Gasteiger charge is 2.42. The molecule has 2 aliphatic rings. The van der Waals surface area contributed by atoms with Crippen molar-refractivity contribution in [3.63, 3.8) is 0 Å². The number of hydrogen-bond donors (Lipinski definition) is 2. The lowest BCUT2D eigenvalue weighted by molar-refractivity contribution is 0.0710. The molecule has 4 aromatic heterocycles. The molecule has 184 valence electrons. The fourth-order valence-corrected chi connectivity index (χ4v) is 5.16. The second-order valence-corrected chi connectivity index (χ2v) is 9.69. The summed E-state index contributed by atoms with van der Waals surface area (Å²) in [6.07, 6.45) is 5.68. The summed E-state index contributed by atoms with van der Waals surface area (Å²) in [5, 5.41) is 23.2. The number of aromatic nitrogens is 7. The lowest BCUT2D eigenvalue weighted by Gasteiger charge is -2.41. The van der Waals surface area contributed by atoms with Gasteiger partial charge in [0.2, 0.25) is 0 Å². The van der Waals surface area contributed by atoms with Crippen molar-refractivity contribution in [1.29, 1.82) is 0 Å². The molecule has 6 rings (SSSR count). The van der Waals surface area contributed by atoms with Crippen molar-refractivity contribution in [2.75, 3.05) is 23.3 Å². The van der Waals surface area contributed by atoms with Crippen molar-refractivity contribution in [3.05, 3.63) is 65.2 Å². The van der Waals surface area contributed by atoms with E-state index in [1.54, 1.807) is 23.0 Å². The van der Waals surface area contributed by atoms with Gasteiger partial charge in [-0.15, -0.1) is 10.2 Å². The number of pyridine rings is 1. The molecule has 2 bridgehead atoms. The average Bonchev–Trinajstić information content (AvgIpc) is 3.55. The number of carbonyl (C=O) groups excluding carboxylic acids is 1. The fourth-order valence-electron chi connectivity index (χ4n) is 5.16. The summed E-state index contributed by atoms with van der Waals surface area (Å²) in [4.78, 5) is 22.5. The van der Waals surface area contributed by atoms with Crippen LogP contribution in [-0.2, 0) is 0 Å². The molecule has 2 fully saturated rings. The van der Waals surface area contributed by atoms with Gasteiger partial charge in [-0.05, 0) is 69.0 Å². The molecule has 0 aliphatic carbocycles. The molecule has 2 atom stereocenters. The predicted octanol–water partition coefficient (Wildman–Crippen LogP) is 2.94. The molecule has 2 unspecified atom stereocenters. The van der Waals surface area contributed by atoms with Crippen LogP contribution in [0.15, 0.2) is 42.7 Å². The van der Waals surface area contributed by atoms with Crippen LogP contribution < -0.4 is 10.2 Å². The Labute approximate surface area is 208 Å². The first-order chi connectivity index (χ1) is 17.4. The highest BCUT2D eigenvalue weighted by molar-refractivity contribution is 5.92. The Morgan fingerprint density at radius 3 is 2.42 bits per heavy atom. The third-order valence-electron chi connectivity index (χ3n) is 6.77. The minimum atomic E-state index is -0.0873. The van der Waals surface area contributed by atoms with E-state index in [4.69, 9.17) is 4.98 Å². The van der Waals surface area contributed by atoms with Crippen LogP contribution in [0.1, 0.15) is 40.2 Å². The van der Waals surface area contributed by atoms with Crippen LogP contribution in [0, 0.1) is 20.8 Å². The Bertz CT molecular complexity index is 1390. The molecular formula is C25H28N10O. The third kappa shape index (κ3) is 4.16. The molecule has 36 heavy (non-hydrogen) atoms. The van der Waals surface area contributed by atoms with Gasteiger partial charge in [0.25, 0.3) is 5.91 Å². The predicted molar refractivity (Wildman–Crippen MR) is 135 cm³/mol. The Morgan fingerprint density at radius 1 is 0.972 bits per heavy atom. The summed E-state index contributed by atoms with van der Waals surface area (Å²) in [6, 6.07) is 10.0. The first kappa shape index (κ1) is 22.2. The first-order valence-electron chi connectivity index (χ1n) is 12.1. The standard InChI is InChI=1S/C25H28N10O/c1-15-8-21(27-22-10-17(3)29-31-22)28-24(9-15)35-18-4-5-19(35)14-33(13-18)25(36)20-6-7-23(32-30-20)34-12-16(2)11-26-34/h6-12,18-19H,4-5,13-14H2,1-3H3,(H2,27,28,29,31). The Morgan fingerprint density at radius 2 is 1.78 bits per heavy atom. The van der Waals surface area contributed by atoms with Gasteiger partial charge in [-0.3, -0.25) is 9.89 Å². The quantitative estimate of drug-likeness (QED) is 0.444. The summed E-state index contributed by atoms with van der Waals surface area (Å²) < 4.78 is 1.65. The Hall–Kier alpha value is -4.28. The molecule has 2 aliphatic heterocycles. The van der Waals surface area contributed by atoms with Crippen molar-refractivity contribution < 1.29 is 4.79 Å². The number of anilines is 3. The molecule has 0 radical (unpaired) electrons. The SMILES string of the molecule is Cc1cc(Nc2cc(C)[nH]n2)nc(N2C3CCC2CN(C(=O)c2ccc(-n4cc(C)cn4)nn2)C3)c1. The molecule has 0 aromatic carbocycles. The zero-order valence-electron chi connectivity index (χ0n) is 20.5. The minimum absolute atomic E-state index is 0.0873. The number of H-pyrrole nitrogens is 1. The summed E-state index contributed by atoms with van der Waals surface area (Å²) >= 11 is 0. The zero-order chi connectivity index (χ0) is 24.8. The number of likely N-dealkylation sites (tertiary alicyclic amines) is 1. The number of aryl methyl sites for hydroxylation is 3. The topological polar surface area (TPSA) is 121 Å². The third-order valence-corrected chi connectivity index (χ3v) is 6.77. The molecule has 2 saturated heterocycles. The van der Waals surface area contributed by atoms with Crippen molar-refractivity contribution >= 4 is 23.4 Å². The number of amides is 1. The van der Waals surface area contributed by atoms with Crippen LogP contribution in [-0.4, -0.2) is 71.1 Å². The highest BCUT2D eigenvalue weighted by atomic mass is 16.2. The number of nitrogens with zero attached hydrogens (tertiary/aromatic N) is 8. The number of carbonyl (C=O) groups is 1. The molecule has 11 heteroatoms. The van der Waals surface area contributed by atoms with E-state index >= 15 is 0 Å². The second-order valence-electron chi connectivity index (χ2n) is 9.69. The number of nitrogens with one attached hydrogen (secondary N) is 2. The van der Waals surface area contributed by atoms with Gasteiger partial charge in [0.15, 0.2) is 17.3 Å². The molecule has 11 nitrogen and oxygen atoms in total. The van der Waals surface area contributed by atoms with Gasteiger partial charge < -0.3 is 15.1 Å². The molecular weight excluding hydrogens is 456 g/mol. The van der Waals surface area contributed by atoms with E-state index in [-0.39, 0.29) is 18.0 Å². The fraction of sp³-hybridized carbons (Fsp3) is 0.360. The summed E-state index contributed by atoms with van der Waals surface area (Å²) in [5.74, 6) is 2.94. The van der Waals surface area contributed by atoms with Crippen LogP contribution in [0.3, 0.4) is 0 Å². The zero-order valence-corrected chi connectivity index (χ0v) is 20.5. The number of fused-ring (bicyclic) bond motifs is 2. The number of aromatic amines is 1. The van der Waals surface area contributed by atoms with Gasteiger partial charge in [-0.25, -0.2) is 9.67 Å². The van der Waals surface area contributed by atoms with Gasteiger partial charge in [-0.2, -0.15) is 10.2 Å². The van der Waals surface area contributed by atoms with E-state index < -0.39 is 0 Å². The maximum Gasteiger partial charge on any atom is 0.274 e. The van der Waals surface area contributed by atoms with Gasteiger partial charge in [0, 0.05) is 43.1 Å². The molecule has 0 saturated carbocycles. The maximum absolute atomic E-state index is 13.3. The first-order valence-corrected chi connectivity index (χ1v) is 12.1. The monoisotopic (exact) mass is 484 g/mol. The van der Waals surface area contributed by atoms with E-state index in [1.807, 2.05) is 37.1 Å². The Kier molecular flexibility index (Phi) is 5.39. The van der Waals surface area contributed by atoms with Crippen LogP contribution in [0.5, 0.6) is 0 Å². The van der Waals surface area contributed by atoms with Crippen LogP contribution in [0.4, 0.5) is 17.5 Å². The van der Waals surface area contributed by atoms with Gasteiger partial charge >= 0.3 is 0 Å². The summed E-state index contributed by atoms with van der Waals surface area (Å²) in [6.45, 7) is 7.27. The summed E-state index contributed by atoms with van der Waals surface area (Å²) in [7, 11) is 0. The molecule has 2 N–H and O–H groups in total. The van der Waals surface area contributed by atoms with Crippen LogP contribution >= 0.6 is 0 Å². The van der Waals surface area contributed by atoms with Crippen LogP contribution in [0.25, 0.3) is 5.82 Å². The van der Waals surface area contributed by atoms with E-state index in [0.717, 1.165) is 47.1 Å². The molecule has 6 heterocycles. The van der Waals surface area contributed by atoms with Gasteiger partial charge in [-0.1, -0.05) is 0 Å². The second kappa shape index (κ2) is 8.74. The molecule has 4 aromatic rings. The van der Waals surface area contributed by atoms with E-state index in [1.165, 1.54) is 0 Å². The lowest BCUT2D eigenvalue weighted by Crippen LogP contribution is -2.55. The van der Waals surface area contributed by atoms with Crippen LogP contribution in [0.2, 0.25) is 0 Å².